The largest absolute Gasteiger partial charge is 0.393 e. The zero-order valence-electron chi connectivity index (χ0n) is 4.92. The number of aromatic nitrogens is 1. The third-order valence-corrected chi connectivity index (χ3v) is 1.17. The maximum Gasteiger partial charge on any atom is 0.0786 e. The van der Waals surface area contributed by atoms with Crippen molar-refractivity contribution in [2.75, 3.05) is 0 Å². The molecule has 0 aliphatic rings. The van der Waals surface area contributed by atoms with Crippen LogP contribution in [0.4, 0.5) is 0 Å². The average Bonchev–Trinajstić information content (AvgIpc) is 2.15. The molecule has 9 heavy (non-hydrogen) atoms. The van der Waals surface area contributed by atoms with Crippen molar-refractivity contribution in [1.29, 1.82) is 0 Å². The lowest BCUT2D eigenvalue weighted by atomic mass is 10.3. The number of rotatable bonds is 2. The topological polar surface area (TPSA) is 41.8 Å². The summed E-state index contributed by atoms with van der Waals surface area (Å²) < 4.78 is 0. The number of H-pyrrole nitrogens is 1. The van der Waals surface area contributed by atoms with Gasteiger partial charge in [-0.15, -0.1) is 0 Å². The van der Waals surface area contributed by atoms with Crippen LogP contribution in [0.3, 0.4) is 0 Å². The van der Waals surface area contributed by atoms with E-state index in [0.717, 1.165) is 5.69 Å². The maximum atomic E-state index is 5.30. The molecule has 0 saturated carbocycles. The minimum Gasteiger partial charge on any atom is -0.393 e. The molecule has 3 N–H and O–H groups in total. The van der Waals surface area contributed by atoms with Crippen molar-refractivity contribution in [2.45, 2.75) is 6.42 Å². The molecule has 0 saturated heterocycles. The zero-order valence-corrected chi connectivity index (χ0v) is 5.74. The normalized spacial score (nSPS) is 9.33. The number of hydrogen-bond acceptors (Lipinski definition) is 1. The molecule has 0 bridgehead atoms. The predicted molar refractivity (Wildman–Crippen MR) is 41.3 cm³/mol. The summed E-state index contributed by atoms with van der Waals surface area (Å²) >= 11 is 4.70. The molecule has 0 aliphatic carbocycles. The molecule has 0 unspecified atom stereocenters. The Morgan fingerprint density at radius 1 is 1.78 bits per heavy atom. The molecule has 48 valence electrons. The van der Waals surface area contributed by atoms with Crippen molar-refractivity contribution in [3.05, 3.63) is 24.0 Å². The van der Waals surface area contributed by atoms with Crippen LogP contribution < -0.4 is 5.73 Å². The highest BCUT2D eigenvalue weighted by Crippen LogP contribution is 1.94. The summed E-state index contributed by atoms with van der Waals surface area (Å²) in [7, 11) is 0. The Bertz CT molecular complexity index is 191. The van der Waals surface area contributed by atoms with Crippen LogP contribution in [0.25, 0.3) is 0 Å². The van der Waals surface area contributed by atoms with Crippen LogP contribution in [0.15, 0.2) is 18.3 Å². The lowest BCUT2D eigenvalue weighted by molar-refractivity contribution is 1.19. The van der Waals surface area contributed by atoms with Gasteiger partial charge in [-0.05, 0) is 12.1 Å². The van der Waals surface area contributed by atoms with E-state index in [4.69, 9.17) is 18.0 Å². The van der Waals surface area contributed by atoms with Gasteiger partial charge in [0.1, 0.15) is 0 Å². The van der Waals surface area contributed by atoms with Crippen molar-refractivity contribution in [3.8, 4) is 0 Å². The molecule has 1 rings (SSSR count). The molecule has 3 heteroatoms. The van der Waals surface area contributed by atoms with E-state index in [2.05, 4.69) is 4.98 Å². The number of thiocarbonyl (C=S) groups is 1. The average molecular weight is 140 g/mol. The van der Waals surface area contributed by atoms with Gasteiger partial charge < -0.3 is 10.7 Å². The van der Waals surface area contributed by atoms with Crippen molar-refractivity contribution in [3.63, 3.8) is 0 Å². The van der Waals surface area contributed by atoms with Crippen molar-refractivity contribution in [2.24, 2.45) is 5.73 Å². The van der Waals surface area contributed by atoms with Gasteiger partial charge in [0, 0.05) is 18.3 Å². The van der Waals surface area contributed by atoms with E-state index in [1.54, 1.807) is 0 Å². The second-order valence-corrected chi connectivity index (χ2v) is 2.36. The third kappa shape index (κ3) is 1.85. The summed E-state index contributed by atoms with van der Waals surface area (Å²) in [5, 5.41) is 0. The molecular weight excluding hydrogens is 132 g/mol. The molecule has 0 aliphatic heterocycles. The predicted octanol–water partition coefficient (Wildman–Crippen LogP) is 0.843. The second-order valence-electron chi connectivity index (χ2n) is 1.84. The van der Waals surface area contributed by atoms with Gasteiger partial charge in [-0.25, -0.2) is 0 Å². The van der Waals surface area contributed by atoms with E-state index in [1.165, 1.54) is 0 Å². The zero-order chi connectivity index (χ0) is 6.69. The molecular formula is C6H8N2S. The fraction of sp³-hybridized carbons (Fsp3) is 0.167. The van der Waals surface area contributed by atoms with Crippen LogP contribution in [0.5, 0.6) is 0 Å². The smallest absolute Gasteiger partial charge is 0.0786 e. The summed E-state index contributed by atoms with van der Waals surface area (Å²) in [6, 6.07) is 3.88. The standard InChI is InChI=1S/C6H8N2S/c7-6(9)4-5-2-1-3-8-5/h1-3,8H,4H2,(H2,7,9). The van der Waals surface area contributed by atoms with Crippen molar-refractivity contribution >= 4 is 17.2 Å². The Morgan fingerprint density at radius 3 is 3.00 bits per heavy atom. The van der Waals surface area contributed by atoms with Crippen molar-refractivity contribution < 1.29 is 0 Å². The first-order valence-corrected chi connectivity index (χ1v) is 3.10. The first kappa shape index (κ1) is 6.29. The van der Waals surface area contributed by atoms with E-state index in [9.17, 15) is 0 Å². The number of hydrogen-bond donors (Lipinski definition) is 2. The summed E-state index contributed by atoms with van der Waals surface area (Å²) in [4.78, 5) is 3.53. The minimum absolute atomic E-state index is 0.525. The summed E-state index contributed by atoms with van der Waals surface area (Å²) in [6.07, 6.45) is 2.52. The van der Waals surface area contributed by atoms with Gasteiger partial charge in [0.2, 0.25) is 0 Å². The first-order chi connectivity index (χ1) is 4.29. The second kappa shape index (κ2) is 2.64. The van der Waals surface area contributed by atoms with E-state index < -0.39 is 0 Å². The molecule has 0 radical (unpaired) electrons. The van der Waals surface area contributed by atoms with Crippen LogP contribution in [0.2, 0.25) is 0 Å². The van der Waals surface area contributed by atoms with Gasteiger partial charge in [-0.2, -0.15) is 0 Å². The molecule has 0 atom stereocenters. The number of nitrogens with two attached hydrogens (primary N) is 1. The van der Waals surface area contributed by atoms with Crippen LogP contribution >= 0.6 is 12.2 Å². The molecule has 1 aromatic heterocycles. The third-order valence-electron chi connectivity index (χ3n) is 1.03. The summed E-state index contributed by atoms with van der Waals surface area (Å²) in [5.74, 6) is 0. The van der Waals surface area contributed by atoms with Gasteiger partial charge in [0.15, 0.2) is 0 Å². The summed E-state index contributed by atoms with van der Waals surface area (Å²) in [6.45, 7) is 0. The minimum atomic E-state index is 0.525. The molecule has 0 fully saturated rings. The Balaban J connectivity index is 2.58. The molecule has 1 heterocycles. The van der Waals surface area contributed by atoms with Crippen LogP contribution in [0.1, 0.15) is 5.69 Å². The van der Waals surface area contributed by atoms with E-state index in [1.807, 2.05) is 18.3 Å². The van der Waals surface area contributed by atoms with Crippen LogP contribution in [-0.4, -0.2) is 9.97 Å². The number of nitrogens with one attached hydrogen (secondary N) is 1. The molecule has 0 amide bonds. The van der Waals surface area contributed by atoms with Crippen LogP contribution in [0, 0.1) is 0 Å². The van der Waals surface area contributed by atoms with Crippen molar-refractivity contribution in [1.82, 2.24) is 4.98 Å². The maximum absolute atomic E-state index is 5.30. The SMILES string of the molecule is NC(=S)Cc1ccc[nH]1. The van der Waals surface area contributed by atoms with Gasteiger partial charge in [0.25, 0.3) is 0 Å². The number of aromatic amines is 1. The highest BCUT2D eigenvalue weighted by molar-refractivity contribution is 7.80. The lowest BCUT2D eigenvalue weighted by Gasteiger charge is -1.91. The molecule has 0 aromatic carbocycles. The molecule has 0 spiro atoms. The molecule has 2 nitrogen and oxygen atoms in total. The Kier molecular flexibility index (Phi) is 1.85. The van der Waals surface area contributed by atoms with Gasteiger partial charge in [-0.3, -0.25) is 0 Å². The first-order valence-electron chi connectivity index (χ1n) is 2.69. The van der Waals surface area contributed by atoms with E-state index in [-0.39, 0.29) is 0 Å². The summed E-state index contributed by atoms with van der Waals surface area (Å²) in [5.41, 5.74) is 6.37. The Morgan fingerprint density at radius 2 is 2.56 bits per heavy atom. The molecule has 1 aromatic rings. The lowest BCUT2D eigenvalue weighted by Crippen LogP contribution is -2.10. The highest BCUT2D eigenvalue weighted by atomic mass is 32.1. The van der Waals surface area contributed by atoms with Gasteiger partial charge >= 0.3 is 0 Å². The fourth-order valence-electron chi connectivity index (χ4n) is 0.665. The van der Waals surface area contributed by atoms with E-state index >= 15 is 0 Å². The monoisotopic (exact) mass is 140 g/mol. The Hall–Kier alpha value is -0.830. The fourth-order valence-corrected chi connectivity index (χ4v) is 0.821. The van der Waals surface area contributed by atoms with Gasteiger partial charge in [-0.1, -0.05) is 12.2 Å². The quantitative estimate of drug-likeness (QED) is 0.598. The Labute approximate surface area is 59.1 Å². The van der Waals surface area contributed by atoms with Gasteiger partial charge in [0.05, 0.1) is 4.99 Å². The highest BCUT2D eigenvalue weighted by Gasteiger charge is 1.91. The van der Waals surface area contributed by atoms with E-state index in [0.29, 0.717) is 11.4 Å². The van der Waals surface area contributed by atoms with Crippen LogP contribution in [-0.2, 0) is 6.42 Å².